The lowest BCUT2D eigenvalue weighted by Crippen LogP contribution is -2.29. The molecule has 1 atom stereocenters. The van der Waals surface area contributed by atoms with Crippen molar-refractivity contribution in [1.82, 2.24) is 0 Å². The number of rotatable bonds is 6. The molecule has 0 bridgehead atoms. The van der Waals surface area contributed by atoms with Gasteiger partial charge in [-0.15, -0.1) is 0 Å². The van der Waals surface area contributed by atoms with Crippen molar-refractivity contribution in [2.75, 3.05) is 18.6 Å². The van der Waals surface area contributed by atoms with Crippen LogP contribution in [0.2, 0.25) is 0 Å². The third-order valence-corrected chi connectivity index (χ3v) is 4.31. The van der Waals surface area contributed by atoms with Gasteiger partial charge >= 0.3 is 6.09 Å². The van der Waals surface area contributed by atoms with Crippen LogP contribution in [0.15, 0.2) is 84.9 Å². The molecule has 0 N–H and O–H groups in total. The molecule has 0 aliphatic heterocycles. The van der Waals surface area contributed by atoms with Gasteiger partial charge in [-0.2, -0.15) is 0 Å². The highest BCUT2D eigenvalue weighted by Crippen LogP contribution is 2.25. The lowest BCUT2D eigenvalue weighted by Gasteiger charge is -2.23. The van der Waals surface area contributed by atoms with Gasteiger partial charge in [0, 0.05) is 12.7 Å². The topological polar surface area (TPSA) is 38.8 Å². The lowest BCUT2D eigenvalue weighted by atomic mass is 10.1. The van der Waals surface area contributed by atoms with Crippen LogP contribution in [0, 0.1) is 6.92 Å². The molecule has 0 aromatic heterocycles. The number of amides is 1. The molecule has 0 spiro atoms. The first-order valence-electron chi connectivity index (χ1n) is 8.88. The average molecular weight is 361 g/mol. The van der Waals surface area contributed by atoms with E-state index < -0.39 is 6.09 Å². The Hall–Kier alpha value is -3.27. The Labute approximate surface area is 160 Å². The van der Waals surface area contributed by atoms with E-state index in [-0.39, 0.29) is 12.7 Å². The zero-order valence-electron chi connectivity index (χ0n) is 15.5. The zero-order valence-corrected chi connectivity index (χ0v) is 15.5. The molecule has 4 heteroatoms. The third-order valence-electron chi connectivity index (χ3n) is 4.31. The van der Waals surface area contributed by atoms with Gasteiger partial charge in [0.25, 0.3) is 0 Å². The van der Waals surface area contributed by atoms with Crippen LogP contribution in [0.4, 0.5) is 10.5 Å². The van der Waals surface area contributed by atoms with Crippen LogP contribution in [0.1, 0.15) is 17.2 Å². The van der Waals surface area contributed by atoms with Crippen molar-refractivity contribution in [3.05, 3.63) is 96.1 Å². The van der Waals surface area contributed by atoms with Gasteiger partial charge in [-0.05, 0) is 36.2 Å². The Morgan fingerprint density at radius 3 is 2.15 bits per heavy atom. The van der Waals surface area contributed by atoms with E-state index in [4.69, 9.17) is 9.47 Å². The molecule has 3 aromatic rings. The summed E-state index contributed by atoms with van der Waals surface area (Å²) in [6.45, 7) is 2.11. The van der Waals surface area contributed by atoms with E-state index in [1.54, 1.807) is 7.05 Å². The Morgan fingerprint density at radius 1 is 0.889 bits per heavy atom. The molecule has 0 aliphatic carbocycles. The molecule has 0 fully saturated rings. The zero-order chi connectivity index (χ0) is 19.1. The Kier molecular flexibility index (Phi) is 6.10. The first-order valence-corrected chi connectivity index (χ1v) is 8.88. The minimum Gasteiger partial charge on any atom is -0.482 e. The Morgan fingerprint density at radius 2 is 1.48 bits per heavy atom. The van der Waals surface area contributed by atoms with Crippen LogP contribution in [-0.2, 0) is 4.74 Å². The first kappa shape index (κ1) is 18.5. The maximum atomic E-state index is 12.4. The van der Waals surface area contributed by atoms with Crippen LogP contribution in [-0.4, -0.2) is 19.7 Å². The van der Waals surface area contributed by atoms with Gasteiger partial charge in [-0.3, -0.25) is 4.90 Å². The monoisotopic (exact) mass is 361 g/mol. The van der Waals surface area contributed by atoms with Gasteiger partial charge < -0.3 is 9.47 Å². The molecule has 1 amide bonds. The lowest BCUT2D eigenvalue weighted by molar-refractivity contribution is 0.0862. The quantitative estimate of drug-likeness (QED) is 0.591. The number of para-hydroxylation sites is 2. The van der Waals surface area contributed by atoms with Crippen molar-refractivity contribution in [2.45, 2.75) is 13.0 Å². The smallest absolute Gasteiger partial charge is 0.414 e. The molecular weight excluding hydrogens is 338 g/mol. The molecule has 1 unspecified atom stereocenters. The molecule has 138 valence electrons. The minimum atomic E-state index is -0.421. The maximum absolute atomic E-state index is 12.4. The molecule has 0 saturated heterocycles. The van der Waals surface area contributed by atoms with E-state index >= 15 is 0 Å². The normalized spacial score (nSPS) is 11.5. The number of anilines is 1. The predicted octanol–water partition coefficient (Wildman–Crippen LogP) is 5.39. The van der Waals surface area contributed by atoms with E-state index in [0.717, 1.165) is 22.6 Å². The van der Waals surface area contributed by atoms with Gasteiger partial charge in [0.15, 0.2) is 6.10 Å². The SMILES string of the molecule is Cc1ccccc1OC(COC(=O)N(C)c1ccccc1)c1ccccc1. The third kappa shape index (κ3) is 4.88. The molecule has 4 nitrogen and oxygen atoms in total. The van der Waals surface area contributed by atoms with Gasteiger partial charge in [-0.1, -0.05) is 66.7 Å². The molecular formula is C23H23NO3. The molecule has 0 aliphatic rings. The van der Waals surface area contributed by atoms with E-state index in [1.165, 1.54) is 4.90 Å². The van der Waals surface area contributed by atoms with Crippen molar-refractivity contribution in [1.29, 1.82) is 0 Å². The summed E-state index contributed by atoms with van der Waals surface area (Å²) in [4.78, 5) is 13.9. The number of hydrogen-bond donors (Lipinski definition) is 0. The highest BCUT2D eigenvalue weighted by atomic mass is 16.6. The Balaban J connectivity index is 1.72. The number of carbonyl (C=O) groups excluding carboxylic acids is 1. The number of ether oxygens (including phenoxy) is 2. The summed E-state index contributed by atoms with van der Waals surface area (Å²) in [7, 11) is 1.69. The number of carbonyl (C=O) groups is 1. The summed E-state index contributed by atoms with van der Waals surface area (Å²) >= 11 is 0. The molecule has 0 heterocycles. The van der Waals surface area contributed by atoms with Crippen molar-refractivity contribution < 1.29 is 14.3 Å². The summed E-state index contributed by atoms with van der Waals surface area (Å²) in [5, 5.41) is 0. The second-order valence-corrected chi connectivity index (χ2v) is 6.25. The van der Waals surface area contributed by atoms with Crippen LogP contribution in [0.3, 0.4) is 0 Å². The maximum Gasteiger partial charge on any atom is 0.414 e. The second kappa shape index (κ2) is 8.90. The molecule has 3 rings (SSSR count). The fraction of sp³-hybridized carbons (Fsp3) is 0.174. The highest BCUT2D eigenvalue weighted by Gasteiger charge is 2.19. The fourth-order valence-electron chi connectivity index (χ4n) is 2.71. The van der Waals surface area contributed by atoms with E-state index in [1.807, 2.05) is 91.9 Å². The molecule has 27 heavy (non-hydrogen) atoms. The fourth-order valence-corrected chi connectivity index (χ4v) is 2.71. The van der Waals surface area contributed by atoms with Crippen molar-refractivity contribution in [3.8, 4) is 5.75 Å². The first-order chi connectivity index (χ1) is 13.1. The van der Waals surface area contributed by atoms with Gasteiger partial charge in [0.2, 0.25) is 0 Å². The molecule has 0 radical (unpaired) electrons. The second-order valence-electron chi connectivity index (χ2n) is 6.25. The van der Waals surface area contributed by atoms with E-state index in [0.29, 0.717) is 0 Å². The van der Waals surface area contributed by atoms with Crippen molar-refractivity contribution >= 4 is 11.8 Å². The van der Waals surface area contributed by atoms with Crippen LogP contribution >= 0.6 is 0 Å². The van der Waals surface area contributed by atoms with E-state index in [2.05, 4.69) is 0 Å². The van der Waals surface area contributed by atoms with Crippen molar-refractivity contribution in [2.24, 2.45) is 0 Å². The standard InChI is InChI=1S/C23H23NO3/c1-18-11-9-10-16-21(18)27-22(19-12-5-3-6-13-19)17-26-23(25)24(2)20-14-7-4-8-15-20/h3-16,22H,17H2,1-2H3. The van der Waals surface area contributed by atoms with Crippen LogP contribution in [0.25, 0.3) is 0 Å². The van der Waals surface area contributed by atoms with Gasteiger partial charge in [0.05, 0.1) is 0 Å². The largest absolute Gasteiger partial charge is 0.482 e. The van der Waals surface area contributed by atoms with Crippen LogP contribution < -0.4 is 9.64 Å². The summed E-state index contributed by atoms with van der Waals surface area (Å²) in [5.74, 6) is 0.777. The summed E-state index contributed by atoms with van der Waals surface area (Å²) < 4.78 is 11.7. The van der Waals surface area contributed by atoms with Crippen LogP contribution in [0.5, 0.6) is 5.75 Å². The number of benzene rings is 3. The highest BCUT2D eigenvalue weighted by molar-refractivity contribution is 5.86. The Bertz CT molecular complexity index is 865. The summed E-state index contributed by atoms with van der Waals surface area (Å²) in [6, 6.07) is 27.0. The van der Waals surface area contributed by atoms with E-state index in [9.17, 15) is 4.79 Å². The number of aryl methyl sites for hydroxylation is 1. The average Bonchev–Trinajstić information content (AvgIpc) is 2.73. The van der Waals surface area contributed by atoms with Gasteiger partial charge in [-0.25, -0.2) is 4.79 Å². The van der Waals surface area contributed by atoms with Gasteiger partial charge in [0.1, 0.15) is 12.4 Å². The molecule has 0 saturated carbocycles. The molecule has 3 aromatic carbocycles. The number of nitrogens with zero attached hydrogens (tertiary/aromatic N) is 1. The summed E-state index contributed by atoms with van der Waals surface area (Å²) in [6.07, 6.45) is -0.809. The minimum absolute atomic E-state index is 0.119. The predicted molar refractivity (Wildman–Crippen MR) is 107 cm³/mol. The summed E-state index contributed by atoms with van der Waals surface area (Å²) in [5.41, 5.74) is 2.76. The van der Waals surface area contributed by atoms with Crippen molar-refractivity contribution in [3.63, 3.8) is 0 Å². The number of hydrogen-bond acceptors (Lipinski definition) is 3.